The molecule has 0 aromatic heterocycles. The summed E-state index contributed by atoms with van der Waals surface area (Å²) in [6.45, 7) is 5.29. The van der Waals surface area contributed by atoms with Gasteiger partial charge in [0, 0.05) is 18.2 Å². The number of sulfonamides is 1. The van der Waals surface area contributed by atoms with Gasteiger partial charge < -0.3 is 20.1 Å². The number of aryl methyl sites for hydroxylation is 2. The molecule has 1 heterocycles. The van der Waals surface area contributed by atoms with Gasteiger partial charge in [0.2, 0.25) is 0 Å². The quantitative estimate of drug-likeness (QED) is 0.380. The minimum absolute atomic E-state index is 0.0363. The predicted octanol–water partition coefficient (Wildman–Crippen LogP) is 4.07. The number of nitrogens with one attached hydrogen (secondary N) is 3. The van der Waals surface area contributed by atoms with E-state index in [0.29, 0.717) is 22.7 Å². The molecule has 0 radical (unpaired) electrons. The van der Waals surface area contributed by atoms with Crippen molar-refractivity contribution in [2.24, 2.45) is 5.92 Å². The van der Waals surface area contributed by atoms with Crippen LogP contribution in [0.15, 0.2) is 65.6 Å². The molecular formula is C29H35N3O5S. The van der Waals surface area contributed by atoms with Crippen LogP contribution < -0.4 is 24.8 Å². The third-order valence-corrected chi connectivity index (χ3v) is 8.33. The molecule has 3 aromatic rings. The first-order valence-electron chi connectivity index (χ1n) is 12.6. The molecule has 1 saturated heterocycles. The lowest BCUT2D eigenvalue weighted by molar-refractivity contribution is 0.0910. The second-order valence-electron chi connectivity index (χ2n) is 9.67. The summed E-state index contributed by atoms with van der Waals surface area (Å²) in [5.41, 5.74) is 3.58. The van der Waals surface area contributed by atoms with E-state index in [0.717, 1.165) is 42.6 Å². The van der Waals surface area contributed by atoms with E-state index in [1.165, 1.54) is 0 Å². The first-order valence-corrected chi connectivity index (χ1v) is 14.1. The van der Waals surface area contributed by atoms with Crippen molar-refractivity contribution in [3.05, 3.63) is 82.9 Å². The van der Waals surface area contributed by atoms with Crippen molar-refractivity contribution in [1.29, 1.82) is 0 Å². The number of carbonyl (C=O) groups excluding carboxylic acids is 1. The Morgan fingerprint density at radius 1 is 0.974 bits per heavy atom. The van der Waals surface area contributed by atoms with Crippen molar-refractivity contribution in [3.8, 4) is 11.5 Å². The summed E-state index contributed by atoms with van der Waals surface area (Å²) in [5, 5.41) is 6.62. The van der Waals surface area contributed by atoms with Crippen molar-refractivity contribution in [2.75, 3.05) is 32.0 Å². The number of benzene rings is 3. The van der Waals surface area contributed by atoms with Gasteiger partial charge >= 0.3 is 0 Å². The fourth-order valence-corrected chi connectivity index (χ4v) is 5.81. The Morgan fingerprint density at radius 3 is 2.42 bits per heavy atom. The van der Waals surface area contributed by atoms with Gasteiger partial charge in [-0.2, -0.15) is 0 Å². The summed E-state index contributed by atoms with van der Waals surface area (Å²) >= 11 is 0. The van der Waals surface area contributed by atoms with Crippen LogP contribution in [0.25, 0.3) is 0 Å². The zero-order valence-electron chi connectivity index (χ0n) is 22.2. The van der Waals surface area contributed by atoms with Crippen LogP contribution in [0.4, 0.5) is 5.69 Å². The standard InChI is InChI=1S/C29H35N3O5S/c1-19-5-10-24(11-6-19)38(34,35)32-26-17-22(9-7-20(26)2)29(33)31-25-13-14-30-18-23(25)15-21-8-12-27(36-3)28(16-21)37-4/h5-12,16-17,23,25,30,32H,13-15,18H2,1-4H3,(H,31,33). The van der Waals surface area contributed by atoms with Gasteiger partial charge in [0.15, 0.2) is 11.5 Å². The number of anilines is 1. The lowest BCUT2D eigenvalue weighted by Crippen LogP contribution is -2.50. The van der Waals surface area contributed by atoms with Crippen LogP contribution in [0.5, 0.6) is 11.5 Å². The Balaban J connectivity index is 1.48. The number of rotatable bonds is 9. The van der Waals surface area contributed by atoms with Crippen LogP contribution in [-0.4, -0.2) is 47.7 Å². The van der Waals surface area contributed by atoms with Crippen molar-refractivity contribution >= 4 is 21.6 Å². The third kappa shape index (κ3) is 6.46. The summed E-state index contributed by atoms with van der Waals surface area (Å²) in [6, 6.07) is 17.6. The number of ether oxygens (including phenoxy) is 2. The fourth-order valence-electron chi connectivity index (χ4n) is 4.68. The summed E-state index contributed by atoms with van der Waals surface area (Å²) < 4.78 is 39.3. The van der Waals surface area contributed by atoms with E-state index in [9.17, 15) is 13.2 Å². The summed E-state index contributed by atoms with van der Waals surface area (Å²) in [7, 11) is -0.562. The van der Waals surface area contributed by atoms with Gasteiger partial charge in [0.05, 0.1) is 24.8 Å². The Morgan fingerprint density at radius 2 is 1.71 bits per heavy atom. The molecule has 8 nitrogen and oxygen atoms in total. The zero-order valence-corrected chi connectivity index (χ0v) is 23.0. The molecule has 0 aliphatic carbocycles. The number of hydrogen-bond donors (Lipinski definition) is 3. The molecule has 3 aromatic carbocycles. The molecule has 0 saturated carbocycles. The smallest absolute Gasteiger partial charge is 0.261 e. The van der Waals surface area contributed by atoms with E-state index in [-0.39, 0.29) is 22.8 Å². The summed E-state index contributed by atoms with van der Waals surface area (Å²) in [6.07, 6.45) is 1.55. The van der Waals surface area contributed by atoms with Crippen molar-refractivity contribution < 1.29 is 22.7 Å². The average molecular weight is 538 g/mol. The van der Waals surface area contributed by atoms with E-state index >= 15 is 0 Å². The SMILES string of the molecule is COc1ccc(CC2CNCCC2NC(=O)c2ccc(C)c(NS(=O)(=O)c3ccc(C)cc3)c2)cc1OC. The van der Waals surface area contributed by atoms with Crippen LogP contribution >= 0.6 is 0 Å². The van der Waals surface area contributed by atoms with Gasteiger partial charge in [-0.15, -0.1) is 0 Å². The van der Waals surface area contributed by atoms with Crippen molar-refractivity contribution in [1.82, 2.24) is 10.6 Å². The molecule has 1 fully saturated rings. The topological polar surface area (TPSA) is 106 Å². The minimum Gasteiger partial charge on any atom is -0.493 e. The highest BCUT2D eigenvalue weighted by atomic mass is 32.2. The first-order chi connectivity index (χ1) is 18.2. The Hall–Kier alpha value is -3.56. The second-order valence-corrected chi connectivity index (χ2v) is 11.4. The lowest BCUT2D eigenvalue weighted by Gasteiger charge is -2.33. The minimum atomic E-state index is -3.79. The van der Waals surface area contributed by atoms with Crippen molar-refractivity contribution in [3.63, 3.8) is 0 Å². The predicted molar refractivity (Wildman–Crippen MR) is 149 cm³/mol. The molecule has 9 heteroatoms. The van der Waals surface area contributed by atoms with E-state index < -0.39 is 10.0 Å². The molecule has 3 N–H and O–H groups in total. The molecule has 0 bridgehead atoms. The molecule has 4 rings (SSSR count). The third-order valence-electron chi connectivity index (χ3n) is 6.95. The molecule has 1 amide bonds. The zero-order chi connectivity index (χ0) is 27.3. The Labute approximate surface area is 224 Å². The van der Waals surface area contributed by atoms with E-state index in [1.807, 2.05) is 25.1 Å². The molecule has 38 heavy (non-hydrogen) atoms. The maximum Gasteiger partial charge on any atom is 0.261 e. The molecule has 1 aliphatic rings. The maximum atomic E-state index is 13.3. The largest absolute Gasteiger partial charge is 0.493 e. The highest BCUT2D eigenvalue weighted by Crippen LogP contribution is 2.29. The van der Waals surface area contributed by atoms with E-state index in [2.05, 4.69) is 15.4 Å². The van der Waals surface area contributed by atoms with Gasteiger partial charge in [-0.1, -0.05) is 29.8 Å². The summed E-state index contributed by atoms with van der Waals surface area (Å²) in [4.78, 5) is 13.5. The van der Waals surface area contributed by atoms with Crippen LogP contribution in [0, 0.1) is 19.8 Å². The van der Waals surface area contributed by atoms with Gasteiger partial charge in [0.25, 0.3) is 15.9 Å². The number of carbonyl (C=O) groups is 1. The Kier molecular flexibility index (Phi) is 8.58. The average Bonchev–Trinajstić information content (AvgIpc) is 2.91. The first kappa shape index (κ1) is 27.5. The van der Waals surface area contributed by atoms with Crippen LogP contribution in [0.1, 0.15) is 33.5 Å². The molecule has 2 atom stereocenters. The fraction of sp³-hybridized carbons (Fsp3) is 0.345. The molecule has 0 spiro atoms. The maximum absolute atomic E-state index is 13.3. The normalized spacial score (nSPS) is 17.5. The molecule has 2 unspecified atom stereocenters. The molecular weight excluding hydrogens is 502 g/mol. The van der Waals surface area contributed by atoms with Gasteiger partial charge in [-0.25, -0.2) is 8.42 Å². The van der Waals surface area contributed by atoms with Crippen LogP contribution in [0.2, 0.25) is 0 Å². The Bertz CT molecular complexity index is 1390. The second kappa shape index (κ2) is 11.9. The highest BCUT2D eigenvalue weighted by Gasteiger charge is 2.27. The lowest BCUT2D eigenvalue weighted by atomic mass is 9.87. The summed E-state index contributed by atoms with van der Waals surface area (Å²) in [5.74, 6) is 1.30. The number of methoxy groups -OCH3 is 2. The van der Waals surface area contributed by atoms with Crippen LogP contribution in [0.3, 0.4) is 0 Å². The van der Waals surface area contributed by atoms with E-state index in [4.69, 9.17) is 9.47 Å². The van der Waals surface area contributed by atoms with E-state index in [1.54, 1.807) is 63.6 Å². The highest BCUT2D eigenvalue weighted by molar-refractivity contribution is 7.92. The van der Waals surface area contributed by atoms with Gasteiger partial charge in [0.1, 0.15) is 0 Å². The van der Waals surface area contributed by atoms with Crippen molar-refractivity contribution in [2.45, 2.75) is 37.6 Å². The molecule has 1 aliphatic heterocycles. The van der Waals surface area contributed by atoms with Gasteiger partial charge in [-0.3, -0.25) is 9.52 Å². The number of amides is 1. The monoisotopic (exact) mass is 537 g/mol. The number of hydrogen-bond acceptors (Lipinski definition) is 6. The molecule has 202 valence electrons. The van der Waals surface area contributed by atoms with Gasteiger partial charge in [-0.05, 0) is 86.7 Å². The van der Waals surface area contributed by atoms with Crippen LogP contribution in [-0.2, 0) is 16.4 Å². The number of piperidine rings is 1.